The minimum absolute atomic E-state index is 0.681. The van der Waals surface area contributed by atoms with Crippen molar-refractivity contribution in [1.82, 2.24) is 14.9 Å². The number of hydrogen-bond donors (Lipinski definition) is 1. The molecule has 2 atom stereocenters. The van der Waals surface area contributed by atoms with Crippen LogP contribution in [0.25, 0.3) is 5.69 Å². The SMILES string of the molecule is CC1CCCCCC1NCc1ccc(-n2ccnc2)cc1. The van der Waals surface area contributed by atoms with Gasteiger partial charge in [-0.15, -0.1) is 0 Å². The Morgan fingerprint density at radius 2 is 1.95 bits per heavy atom. The molecule has 1 N–H and O–H groups in total. The normalized spacial score (nSPS) is 22.9. The molecular weight excluding hydrogens is 258 g/mol. The Hall–Kier alpha value is -1.61. The van der Waals surface area contributed by atoms with E-state index in [1.165, 1.54) is 43.4 Å². The van der Waals surface area contributed by atoms with Gasteiger partial charge in [-0.05, 0) is 36.5 Å². The topological polar surface area (TPSA) is 29.9 Å². The van der Waals surface area contributed by atoms with E-state index in [2.05, 4.69) is 41.5 Å². The highest BCUT2D eigenvalue weighted by molar-refractivity contribution is 5.34. The Kier molecular flexibility index (Phi) is 4.71. The van der Waals surface area contributed by atoms with Gasteiger partial charge in [0.25, 0.3) is 0 Å². The third-order valence-electron chi connectivity index (χ3n) is 4.67. The van der Waals surface area contributed by atoms with Crippen LogP contribution in [-0.4, -0.2) is 15.6 Å². The second kappa shape index (κ2) is 6.90. The van der Waals surface area contributed by atoms with Gasteiger partial charge >= 0.3 is 0 Å². The van der Waals surface area contributed by atoms with Crippen molar-refractivity contribution in [1.29, 1.82) is 0 Å². The molecule has 1 heterocycles. The molecule has 112 valence electrons. The van der Waals surface area contributed by atoms with Crippen LogP contribution in [0.3, 0.4) is 0 Å². The van der Waals surface area contributed by atoms with Crippen molar-refractivity contribution in [3.63, 3.8) is 0 Å². The molecular formula is C18H25N3. The molecule has 1 aromatic carbocycles. The van der Waals surface area contributed by atoms with Crippen molar-refractivity contribution in [2.75, 3.05) is 0 Å². The summed E-state index contributed by atoms with van der Waals surface area (Å²) in [6.45, 7) is 3.37. The van der Waals surface area contributed by atoms with Gasteiger partial charge in [0.15, 0.2) is 0 Å². The van der Waals surface area contributed by atoms with Crippen LogP contribution in [0.5, 0.6) is 0 Å². The van der Waals surface area contributed by atoms with E-state index in [0.29, 0.717) is 6.04 Å². The number of imidazole rings is 1. The van der Waals surface area contributed by atoms with Crippen LogP contribution in [0.4, 0.5) is 0 Å². The highest BCUT2D eigenvalue weighted by Gasteiger charge is 2.18. The Labute approximate surface area is 127 Å². The van der Waals surface area contributed by atoms with Crippen LogP contribution in [0.2, 0.25) is 0 Å². The van der Waals surface area contributed by atoms with Crippen LogP contribution in [0, 0.1) is 5.92 Å². The van der Waals surface area contributed by atoms with Crippen molar-refractivity contribution in [3.05, 3.63) is 48.5 Å². The monoisotopic (exact) mass is 283 g/mol. The van der Waals surface area contributed by atoms with Gasteiger partial charge in [0.05, 0.1) is 6.33 Å². The largest absolute Gasteiger partial charge is 0.310 e. The molecule has 3 nitrogen and oxygen atoms in total. The lowest BCUT2D eigenvalue weighted by Crippen LogP contribution is -2.33. The van der Waals surface area contributed by atoms with Crippen LogP contribution in [0.1, 0.15) is 44.6 Å². The standard InChI is InChI=1S/C18H25N3/c1-15-5-3-2-4-6-18(15)20-13-16-7-9-17(10-8-16)21-12-11-19-14-21/h7-12,14-15,18,20H,2-6,13H2,1H3. The lowest BCUT2D eigenvalue weighted by Gasteiger charge is -2.23. The maximum absolute atomic E-state index is 4.09. The molecule has 1 aliphatic carbocycles. The van der Waals surface area contributed by atoms with Gasteiger partial charge in [0.2, 0.25) is 0 Å². The van der Waals surface area contributed by atoms with Crippen molar-refractivity contribution in [3.8, 4) is 5.69 Å². The van der Waals surface area contributed by atoms with E-state index in [1.54, 1.807) is 0 Å². The van der Waals surface area contributed by atoms with E-state index in [9.17, 15) is 0 Å². The van der Waals surface area contributed by atoms with Crippen molar-refractivity contribution < 1.29 is 0 Å². The smallest absolute Gasteiger partial charge is 0.0991 e. The summed E-state index contributed by atoms with van der Waals surface area (Å²) >= 11 is 0. The van der Waals surface area contributed by atoms with E-state index < -0.39 is 0 Å². The summed E-state index contributed by atoms with van der Waals surface area (Å²) in [7, 11) is 0. The van der Waals surface area contributed by atoms with Crippen molar-refractivity contribution in [2.45, 2.75) is 51.6 Å². The van der Waals surface area contributed by atoms with Crippen LogP contribution >= 0.6 is 0 Å². The first kappa shape index (κ1) is 14.3. The Morgan fingerprint density at radius 3 is 2.71 bits per heavy atom. The number of nitrogens with one attached hydrogen (secondary N) is 1. The fraction of sp³-hybridized carbons (Fsp3) is 0.500. The van der Waals surface area contributed by atoms with Crippen LogP contribution in [-0.2, 0) is 6.54 Å². The zero-order valence-electron chi connectivity index (χ0n) is 12.8. The molecule has 0 amide bonds. The van der Waals surface area contributed by atoms with Gasteiger partial charge < -0.3 is 9.88 Å². The molecule has 1 fully saturated rings. The number of hydrogen-bond acceptors (Lipinski definition) is 2. The maximum Gasteiger partial charge on any atom is 0.0991 e. The molecule has 0 spiro atoms. The highest BCUT2D eigenvalue weighted by atomic mass is 15.0. The molecule has 21 heavy (non-hydrogen) atoms. The number of benzene rings is 1. The number of aromatic nitrogens is 2. The second-order valence-corrected chi connectivity index (χ2v) is 6.24. The molecule has 0 saturated heterocycles. The molecule has 3 heteroatoms. The van der Waals surface area contributed by atoms with Crippen molar-refractivity contribution in [2.24, 2.45) is 5.92 Å². The second-order valence-electron chi connectivity index (χ2n) is 6.24. The first-order chi connectivity index (χ1) is 10.3. The maximum atomic E-state index is 4.09. The van der Waals surface area contributed by atoms with Crippen molar-refractivity contribution >= 4 is 0 Å². The number of nitrogens with zero attached hydrogens (tertiary/aromatic N) is 2. The summed E-state index contributed by atoms with van der Waals surface area (Å²) in [6.07, 6.45) is 12.5. The molecule has 0 bridgehead atoms. The molecule has 0 aliphatic heterocycles. The summed E-state index contributed by atoms with van der Waals surface area (Å²) < 4.78 is 2.03. The molecule has 0 radical (unpaired) electrons. The van der Waals surface area contributed by atoms with E-state index in [4.69, 9.17) is 0 Å². The average molecular weight is 283 g/mol. The number of rotatable bonds is 4. The van der Waals surface area contributed by atoms with Gasteiger partial charge in [0.1, 0.15) is 0 Å². The minimum atomic E-state index is 0.681. The third kappa shape index (κ3) is 3.73. The molecule has 2 aromatic rings. The van der Waals surface area contributed by atoms with E-state index >= 15 is 0 Å². The lowest BCUT2D eigenvalue weighted by molar-refractivity contribution is 0.356. The van der Waals surface area contributed by atoms with Crippen LogP contribution < -0.4 is 5.32 Å². The Balaban J connectivity index is 1.58. The van der Waals surface area contributed by atoms with Crippen LogP contribution in [0.15, 0.2) is 43.0 Å². The van der Waals surface area contributed by atoms with Gasteiger partial charge in [-0.25, -0.2) is 4.98 Å². The summed E-state index contributed by atoms with van der Waals surface area (Å²) in [6, 6.07) is 9.43. The molecule has 1 aliphatic rings. The summed E-state index contributed by atoms with van der Waals surface area (Å²) in [5, 5.41) is 3.76. The zero-order chi connectivity index (χ0) is 14.5. The Bertz CT molecular complexity index is 530. The highest BCUT2D eigenvalue weighted by Crippen LogP contribution is 2.23. The Morgan fingerprint density at radius 1 is 1.14 bits per heavy atom. The van der Waals surface area contributed by atoms with E-state index in [1.807, 2.05) is 23.3 Å². The van der Waals surface area contributed by atoms with Gasteiger partial charge in [0, 0.05) is 30.7 Å². The lowest BCUT2D eigenvalue weighted by atomic mass is 9.97. The molecule has 3 rings (SSSR count). The minimum Gasteiger partial charge on any atom is -0.310 e. The first-order valence-electron chi connectivity index (χ1n) is 8.13. The fourth-order valence-corrected chi connectivity index (χ4v) is 3.24. The van der Waals surface area contributed by atoms with Gasteiger partial charge in [-0.3, -0.25) is 0 Å². The van der Waals surface area contributed by atoms with E-state index in [0.717, 1.165) is 12.5 Å². The third-order valence-corrected chi connectivity index (χ3v) is 4.67. The summed E-state index contributed by atoms with van der Waals surface area (Å²) in [5.74, 6) is 0.803. The summed E-state index contributed by atoms with van der Waals surface area (Å²) in [4.78, 5) is 4.09. The molecule has 1 aromatic heterocycles. The summed E-state index contributed by atoms with van der Waals surface area (Å²) in [5.41, 5.74) is 2.52. The quantitative estimate of drug-likeness (QED) is 0.862. The van der Waals surface area contributed by atoms with Gasteiger partial charge in [-0.1, -0.05) is 38.3 Å². The fourth-order valence-electron chi connectivity index (χ4n) is 3.24. The first-order valence-corrected chi connectivity index (χ1v) is 8.13. The predicted octanol–water partition coefficient (Wildman–Crippen LogP) is 3.93. The molecule has 2 unspecified atom stereocenters. The molecule has 1 saturated carbocycles. The zero-order valence-corrected chi connectivity index (χ0v) is 12.8. The average Bonchev–Trinajstić information content (AvgIpc) is 2.97. The van der Waals surface area contributed by atoms with Gasteiger partial charge in [-0.2, -0.15) is 0 Å². The van der Waals surface area contributed by atoms with E-state index in [-0.39, 0.29) is 0 Å². The predicted molar refractivity (Wildman–Crippen MR) is 86.4 cm³/mol.